The predicted molar refractivity (Wildman–Crippen MR) is 133 cm³/mol. The van der Waals surface area contributed by atoms with Gasteiger partial charge >= 0.3 is 5.97 Å². The number of nitrogens with one attached hydrogen (secondary N) is 1. The lowest BCUT2D eigenvalue weighted by Gasteiger charge is -2.36. The van der Waals surface area contributed by atoms with Crippen molar-refractivity contribution in [1.29, 1.82) is 0 Å². The second kappa shape index (κ2) is 11.4. The summed E-state index contributed by atoms with van der Waals surface area (Å²) in [5.74, 6) is -0.478. The molecule has 3 aliphatic rings. The summed E-state index contributed by atoms with van der Waals surface area (Å²) in [5, 5.41) is 6.30. The summed E-state index contributed by atoms with van der Waals surface area (Å²) in [4.78, 5) is 34.6. The number of rotatable bonds is 8. The van der Waals surface area contributed by atoms with Crippen LogP contribution in [0, 0.1) is 0 Å². The van der Waals surface area contributed by atoms with Crippen molar-refractivity contribution in [3.8, 4) is 0 Å². The highest BCUT2D eigenvalue weighted by Crippen LogP contribution is 2.44. The van der Waals surface area contributed by atoms with E-state index in [1.165, 1.54) is 11.8 Å². The Morgan fingerprint density at radius 1 is 1.26 bits per heavy atom. The molecular weight excluding hydrogens is 476 g/mol. The van der Waals surface area contributed by atoms with Crippen molar-refractivity contribution in [1.82, 2.24) is 15.1 Å². The van der Waals surface area contributed by atoms with Crippen molar-refractivity contribution in [2.75, 3.05) is 46.0 Å². The monoisotopic (exact) mass is 504 g/mol. The van der Waals surface area contributed by atoms with Gasteiger partial charge in [-0.1, -0.05) is 35.5 Å². The standard InChI is InChI=1S/C24H29ClN4O4S/c1-3-33-23(31)21-16(2)27-24-29(22(21)17-4-6-18(25)7-5-17)19(15-34-24)14-20(30)26-8-9-28-10-12-32-13-11-28/h4-7,15,22H,3,8-14H2,1-2H3,(H,26,30). The first-order valence-corrected chi connectivity index (χ1v) is 12.7. The maximum absolute atomic E-state index is 12.9. The summed E-state index contributed by atoms with van der Waals surface area (Å²) in [6.45, 7) is 8.47. The number of morpholine rings is 1. The average molecular weight is 505 g/mol. The van der Waals surface area contributed by atoms with Crippen LogP contribution in [-0.4, -0.2) is 72.8 Å². The minimum absolute atomic E-state index is 0.0693. The lowest BCUT2D eigenvalue weighted by molar-refractivity contribution is -0.139. The molecule has 0 aromatic heterocycles. The molecule has 1 fully saturated rings. The molecule has 1 unspecified atom stereocenters. The van der Waals surface area contributed by atoms with E-state index in [0.29, 0.717) is 22.8 Å². The van der Waals surface area contributed by atoms with Gasteiger partial charge in [-0.05, 0) is 37.0 Å². The minimum Gasteiger partial charge on any atom is -0.463 e. The Balaban J connectivity index is 1.51. The lowest BCUT2D eigenvalue weighted by atomic mass is 9.94. The van der Waals surface area contributed by atoms with Crippen LogP contribution < -0.4 is 5.32 Å². The number of fused-ring (bicyclic) bond motifs is 1. The number of ether oxygens (including phenoxy) is 2. The van der Waals surface area contributed by atoms with E-state index in [-0.39, 0.29) is 18.9 Å². The first-order valence-electron chi connectivity index (χ1n) is 11.4. The van der Waals surface area contributed by atoms with Gasteiger partial charge in [0.1, 0.15) is 0 Å². The van der Waals surface area contributed by atoms with Crippen molar-refractivity contribution in [3.63, 3.8) is 0 Å². The van der Waals surface area contributed by atoms with Crippen molar-refractivity contribution in [2.45, 2.75) is 26.3 Å². The van der Waals surface area contributed by atoms with E-state index >= 15 is 0 Å². The van der Waals surface area contributed by atoms with E-state index < -0.39 is 12.0 Å². The van der Waals surface area contributed by atoms with Crippen LogP contribution in [0.1, 0.15) is 31.9 Å². The van der Waals surface area contributed by atoms with Gasteiger partial charge in [-0.25, -0.2) is 9.79 Å². The van der Waals surface area contributed by atoms with Crippen LogP contribution in [-0.2, 0) is 19.1 Å². The van der Waals surface area contributed by atoms with Gasteiger partial charge in [0.2, 0.25) is 5.91 Å². The van der Waals surface area contributed by atoms with Crippen LogP contribution in [0.3, 0.4) is 0 Å². The summed E-state index contributed by atoms with van der Waals surface area (Å²) in [5.41, 5.74) is 2.75. The van der Waals surface area contributed by atoms with E-state index in [0.717, 1.165) is 49.3 Å². The fraction of sp³-hybridized carbons (Fsp3) is 0.458. The van der Waals surface area contributed by atoms with Crippen LogP contribution in [0.5, 0.6) is 0 Å². The van der Waals surface area contributed by atoms with E-state index in [9.17, 15) is 9.59 Å². The van der Waals surface area contributed by atoms with Gasteiger partial charge in [0, 0.05) is 36.9 Å². The number of aliphatic imine (C=N–C) groups is 1. The summed E-state index contributed by atoms with van der Waals surface area (Å²) in [7, 11) is 0. The predicted octanol–water partition coefficient (Wildman–Crippen LogP) is 3.32. The van der Waals surface area contributed by atoms with Gasteiger partial charge in [0.15, 0.2) is 5.17 Å². The van der Waals surface area contributed by atoms with Crippen molar-refractivity contribution in [3.05, 3.63) is 57.2 Å². The maximum atomic E-state index is 12.9. The second-order valence-electron chi connectivity index (χ2n) is 8.15. The van der Waals surface area contributed by atoms with Gasteiger partial charge in [-0.15, -0.1) is 0 Å². The van der Waals surface area contributed by atoms with Gasteiger partial charge < -0.3 is 19.7 Å². The molecule has 1 N–H and O–H groups in total. The molecule has 0 bridgehead atoms. The molecule has 0 spiro atoms. The zero-order chi connectivity index (χ0) is 24.1. The van der Waals surface area contributed by atoms with Crippen LogP contribution in [0.25, 0.3) is 0 Å². The Morgan fingerprint density at radius 3 is 2.71 bits per heavy atom. The number of hydrogen-bond donors (Lipinski definition) is 1. The molecule has 1 aromatic carbocycles. The first-order chi connectivity index (χ1) is 16.5. The molecule has 1 atom stereocenters. The molecule has 182 valence electrons. The summed E-state index contributed by atoms with van der Waals surface area (Å²) >= 11 is 7.58. The molecule has 34 heavy (non-hydrogen) atoms. The van der Waals surface area contributed by atoms with Gasteiger partial charge in [-0.3, -0.25) is 9.69 Å². The quantitative estimate of drug-likeness (QED) is 0.544. The van der Waals surface area contributed by atoms with Crippen molar-refractivity contribution < 1.29 is 19.1 Å². The molecule has 8 nitrogen and oxygen atoms in total. The number of benzene rings is 1. The Kier molecular flexibility index (Phi) is 8.31. The molecule has 0 saturated carbocycles. The van der Waals surface area contributed by atoms with E-state index in [2.05, 4.69) is 15.2 Å². The van der Waals surface area contributed by atoms with Gasteiger partial charge in [-0.2, -0.15) is 0 Å². The second-order valence-corrected chi connectivity index (χ2v) is 9.42. The fourth-order valence-electron chi connectivity index (χ4n) is 4.21. The highest BCUT2D eigenvalue weighted by molar-refractivity contribution is 8.16. The highest BCUT2D eigenvalue weighted by atomic mass is 35.5. The number of amides is 1. The van der Waals surface area contributed by atoms with Crippen LogP contribution in [0.4, 0.5) is 0 Å². The molecular formula is C24H29ClN4O4S. The number of carbonyl (C=O) groups is 2. The number of allylic oxidation sites excluding steroid dienone is 1. The maximum Gasteiger partial charge on any atom is 0.338 e. The summed E-state index contributed by atoms with van der Waals surface area (Å²) in [6.07, 6.45) is 0.189. The third-order valence-electron chi connectivity index (χ3n) is 5.88. The number of carbonyl (C=O) groups excluding carboxylic acids is 2. The smallest absolute Gasteiger partial charge is 0.338 e. The third kappa shape index (κ3) is 5.66. The van der Waals surface area contributed by atoms with Crippen LogP contribution in [0.15, 0.2) is 51.6 Å². The number of halogens is 1. The Labute approximate surface area is 209 Å². The largest absolute Gasteiger partial charge is 0.463 e. The lowest BCUT2D eigenvalue weighted by Crippen LogP contribution is -2.42. The van der Waals surface area contributed by atoms with Crippen molar-refractivity contribution in [2.24, 2.45) is 4.99 Å². The Morgan fingerprint density at radius 2 is 2.00 bits per heavy atom. The van der Waals surface area contributed by atoms with E-state index in [4.69, 9.17) is 21.1 Å². The first kappa shape index (κ1) is 24.8. The molecule has 1 amide bonds. The zero-order valence-electron chi connectivity index (χ0n) is 19.4. The average Bonchev–Trinajstić information content (AvgIpc) is 3.21. The zero-order valence-corrected chi connectivity index (χ0v) is 21.0. The number of thioether (sulfide) groups is 1. The van der Waals surface area contributed by atoms with Crippen LogP contribution in [0.2, 0.25) is 5.02 Å². The molecule has 3 heterocycles. The third-order valence-corrected chi connectivity index (χ3v) is 7.02. The SMILES string of the molecule is CCOC(=O)C1=C(C)N=C2SC=C(CC(=O)NCCN3CCOCC3)N2C1c1ccc(Cl)cc1. The van der Waals surface area contributed by atoms with Gasteiger partial charge in [0.25, 0.3) is 0 Å². The number of esters is 1. The van der Waals surface area contributed by atoms with Crippen LogP contribution >= 0.6 is 23.4 Å². The normalized spacial score (nSPS) is 20.6. The molecule has 0 radical (unpaired) electrons. The summed E-state index contributed by atoms with van der Waals surface area (Å²) in [6, 6.07) is 6.93. The fourth-order valence-corrected chi connectivity index (χ4v) is 5.30. The number of nitrogens with zero attached hydrogens (tertiary/aromatic N) is 3. The number of amidine groups is 1. The topological polar surface area (TPSA) is 83.5 Å². The molecule has 1 aromatic rings. The molecule has 1 saturated heterocycles. The Bertz CT molecular complexity index is 1020. The highest BCUT2D eigenvalue weighted by Gasteiger charge is 2.41. The minimum atomic E-state index is -0.453. The van der Waals surface area contributed by atoms with E-state index in [1.807, 2.05) is 29.4 Å². The number of hydrogen-bond acceptors (Lipinski definition) is 8. The van der Waals surface area contributed by atoms with E-state index in [1.54, 1.807) is 19.1 Å². The molecule has 4 rings (SSSR count). The Hall–Kier alpha value is -2.33. The molecule has 3 aliphatic heterocycles. The molecule has 10 heteroatoms. The van der Waals surface area contributed by atoms with Gasteiger partial charge in [0.05, 0.1) is 43.6 Å². The summed E-state index contributed by atoms with van der Waals surface area (Å²) < 4.78 is 10.7. The molecule has 0 aliphatic carbocycles. The van der Waals surface area contributed by atoms with Crippen molar-refractivity contribution >= 4 is 40.4 Å².